The topological polar surface area (TPSA) is 83.2 Å². The van der Waals surface area contributed by atoms with Crippen LogP contribution in [-0.2, 0) is 9.53 Å². The number of aliphatic hydroxyl groups is 1. The Labute approximate surface area is 183 Å². The van der Waals surface area contributed by atoms with Gasteiger partial charge in [0.2, 0.25) is 0 Å². The Hall–Kier alpha value is -2.97. The minimum Gasteiger partial charge on any atom is -0.460 e. The zero-order valence-corrected chi connectivity index (χ0v) is 18.4. The van der Waals surface area contributed by atoms with Gasteiger partial charge in [0, 0.05) is 17.7 Å². The van der Waals surface area contributed by atoms with E-state index in [9.17, 15) is 9.90 Å². The Balaban J connectivity index is 1.61. The number of hydrogen-bond acceptors (Lipinski definition) is 5. The first-order chi connectivity index (χ1) is 14.7. The van der Waals surface area contributed by atoms with Crippen LogP contribution in [-0.4, -0.2) is 27.8 Å². The molecule has 5 nitrogen and oxygen atoms in total. The van der Waals surface area contributed by atoms with Crippen LogP contribution in [0.25, 0.3) is 17.2 Å². The number of benzene rings is 1. The number of aromatic nitrogens is 1. The lowest BCUT2D eigenvalue weighted by Crippen LogP contribution is -2.56. The van der Waals surface area contributed by atoms with Gasteiger partial charge in [-0.3, -0.25) is 4.98 Å². The van der Waals surface area contributed by atoms with E-state index < -0.39 is 11.6 Å². The predicted octanol–water partition coefficient (Wildman–Crippen LogP) is 4.61. The molecule has 5 heteroatoms. The number of carbonyl (C=O) groups excluding carboxylic acids is 1. The summed E-state index contributed by atoms with van der Waals surface area (Å²) >= 11 is 0. The molecular formula is C26H28N2O3. The molecule has 1 unspecified atom stereocenters. The molecule has 160 valence electrons. The number of rotatable bonds is 3. The zero-order valence-electron chi connectivity index (χ0n) is 18.4. The quantitative estimate of drug-likeness (QED) is 0.739. The second-order valence-electron chi connectivity index (χ2n) is 9.62. The third-order valence-corrected chi connectivity index (χ3v) is 7.25. The molecule has 2 fully saturated rings. The smallest absolute Gasteiger partial charge is 0.338 e. The predicted molar refractivity (Wildman–Crippen MR) is 118 cm³/mol. The zero-order chi connectivity index (χ0) is 22.4. The number of esters is 1. The Bertz CT molecular complexity index is 1070. The number of ether oxygens (including phenoxy) is 1. The molecule has 0 amide bonds. The number of carbonyl (C=O) groups is 1. The summed E-state index contributed by atoms with van der Waals surface area (Å²) in [7, 11) is 0. The Morgan fingerprint density at radius 3 is 2.68 bits per heavy atom. The van der Waals surface area contributed by atoms with Crippen molar-refractivity contribution in [3.8, 4) is 17.2 Å². The first-order valence-electron chi connectivity index (χ1n) is 10.7. The van der Waals surface area contributed by atoms with E-state index in [1.807, 2.05) is 43.3 Å². The second kappa shape index (κ2) is 7.62. The van der Waals surface area contributed by atoms with E-state index >= 15 is 0 Å². The minimum absolute atomic E-state index is 0.0102. The van der Waals surface area contributed by atoms with Crippen molar-refractivity contribution in [3.05, 3.63) is 59.9 Å². The van der Waals surface area contributed by atoms with Gasteiger partial charge in [0.25, 0.3) is 0 Å². The molecule has 1 saturated heterocycles. The van der Waals surface area contributed by atoms with E-state index in [1.165, 1.54) is 0 Å². The summed E-state index contributed by atoms with van der Waals surface area (Å²) in [5.74, 6) is -0.513. The summed E-state index contributed by atoms with van der Waals surface area (Å²) in [5.41, 5.74) is 1.67. The molecule has 1 aliphatic carbocycles. The van der Waals surface area contributed by atoms with Crippen molar-refractivity contribution >= 4 is 12.0 Å². The number of hydrogen-bond donors (Lipinski definition) is 1. The van der Waals surface area contributed by atoms with Crippen LogP contribution in [0, 0.1) is 34.5 Å². The van der Waals surface area contributed by atoms with Crippen LogP contribution in [0.4, 0.5) is 0 Å². The number of allylic oxidation sites excluding steroid dienone is 1. The molecule has 31 heavy (non-hydrogen) atoms. The Kier molecular flexibility index (Phi) is 5.23. The largest absolute Gasteiger partial charge is 0.460 e. The van der Waals surface area contributed by atoms with Crippen molar-refractivity contribution in [2.24, 2.45) is 23.2 Å². The van der Waals surface area contributed by atoms with Gasteiger partial charge in [-0.2, -0.15) is 5.26 Å². The number of nitriles is 1. The van der Waals surface area contributed by atoms with Gasteiger partial charge in [-0.05, 0) is 60.4 Å². The molecule has 2 heterocycles. The Morgan fingerprint density at radius 1 is 1.23 bits per heavy atom. The van der Waals surface area contributed by atoms with E-state index in [0.29, 0.717) is 12.0 Å². The van der Waals surface area contributed by atoms with Crippen LogP contribution in [0.1, 0.15) is 45.4 Å². The van der Waals surface area contributed by atoms with Crippen LogP contribution in [0.3, 0.4) is 0 Å². The van der Waals surface area contributed by atoms with Crippen molar-refractivity contribution in [3.63, 3.8) is 0 Å². The molecule has 0 spiro atoms. The molecule has 4 rings (SSSR count). The maximum Gasteiger partial charge on any atom is 0.338 e. The van der Waals surface area contributed by atoms with Gasteiger partial charge in [0.15, 0.2) is 5.60 Å². The summed E-state index contributed by atoms with van der Waals surface area (Å²) in [6, 6.07) is 13.5. The molecule has 5 atom stereocenters. The molecule has 2 aromatic rings. The second-order valence-corrected chi connectivity index (χ2v) is 9.62. The molecule has 1 N–H and O–H groups in total. The minimum atomic E-state index is -1.44. The maximum atomic E-state index is 12.4. The van der Waals surface area contributed by atoms with E-state index in [4.69, 9.17) is 10.00 Å². The third-order valence-electron chi connectivity index (χ3n) is 7.25. The van der Waals surface area contributed by atoms with Gasteiger partial charge in [-0.1, -0.05) is 45.0 Å². The normalized spacial score (nSPS) is 31.8. The van der Waals surface area contributed by atoms with E-state index in [-0.39, 0.29) is 29.3 Å². The van der Waals surface area contributed by atoms with Crippen molar-refractivity contribution < 1.29 is 14.6 Å². The number of cyclic esters (lactones) is 1. The van der Waals surface area contributed by atoms with Crippen LogP contribution < -0.4 is 0 Å². The fourth-order valence-corrected chi connectivity index (χ4v) is 5.32. The van der Waals surface area contributed by atoms with E-state index in [0.717, 1.165) is 16.8 Å². The number of fused-ring (bicyclic) bond motifs is 1. The van der Waals surface area contributed by atoms with Gasteiger partial charge < -0.3 is 9.84 Å². The fourth-order valence-electron chi connectivity index (χ4n) is 5.32. The van der Waals surface area contributed by atoms with Gasteiger partial charge in [0.05, 0.1) is 17.3 Å². The fraction of sp³-hybridized carbons (Fsp3) is 0.423. The molecule has 0 radical (unpaired) electrons. The highest BCUT2D eigenvalue weighted by Gasteiger charge is 2.64. The van der Waals surface area contributed by atoms with Crippen molar-refractivity contribution in [1.29, 1.82) is 5.26 Å². The lowest BCUT2D eigenvalue weighted by molar-refractivity contribution is -0.164. The van der Waals surface area contributed by atoms with E-state index in [2.05, 4.69) is 37.9 Å². The van der Waals surface area contributed by atoms with Crippen molar-refractivity contribution in [2.75, 3.05) is 0 Å². The molecule has 1 aliphatic heterocycles. The van der Waals surface area contributed by atoms with Crippen molar-refractivity contribution in [2.45, 2.75) is 45.8 Å². The molecule has 2 aliphatic rings. The van der Waals surface area contributed by atoms with Gasteiger partial charge >= 0.3 is 5.97 Å². The molecular weight excluding hydrogens is 388 g/mol. The average molecular weight is 417 g/mol. The molecule has 0 bridgehead atoms. The van der Waals surface area contributed by atoms with Crippen LogP contribution >= 0.6 is 0 Å². The average Bonchev–Trinajstić information content (AvgIpc) is 2.96. The van der Waals surface area contributed by atoms with Crippen molar-refractivity contribution in [1.82, 2.24) is 4.98 Å². The monoisotopic (exact) mass is 416 g/mol. The lowest BCUT2D eigenvalue weighted by Gasteiger charge is -2.50. The summed E-state index contributed by atoms with van der Waals surface area (Å²) in [4.78, 5) is 17.0. The molecule has 1 saturated carbocycles. The first kappa shape index (κ1) is 21.3. The summed E-state index contributed by atoms with van der Waals surface area (Å²) < 4.78 is 5.46. The van der Waals surface area contributed by atoms with E-state index in [1.54, 1.807) is 12.3 Å². The highest BCUT2D eigenvalue weighted by atomic mass is 16.6. The summed E-state index contributed by atoms with van der Waals surface area (Å²) in [6.07, 6.45) is 5.93. The highest BCUT2D eigenvalue weighted by molar-refractivity contribution is 5.82. The molecule has 1 aromatic heterocycles. The maximum absolute atomic E-state index is 12.4. The first-order valence-corrected chi connectivity index (χ1v) is 10.7. The standard InChI is InChI=1S/C26H28N2O3/c1-16-22(23-17(2)31-24(29)26(23,30)15-25(16,3)4)11-10-21-9-8-20(14-28-21)19-7-5-6-18(12-19)13-27/h5-12,14,16-17,22-23,30H,15H2,1-4H3/b11-10+/t16?,17-,22+,23+,26+/m1/s1. The highest BCUT2D eigenvalue weighted by Crippen LogP contribution is 2.56. The molecule has 1 aromatic carbocycles. The third kappa shape index (κ3) is 3.66. The van der Waals surface area contributed by atoms with Gasteiger partial charge in [-0.15, -0.1) is 0 Å². The summed E-state index contributed by atoms with van der Waals surface area (Å²) in [6.45, 7) is 8.26. The number of nitrogens with zero attached hydrogens (tertiary/aromatic N) is 2. The van der Waals surface area contributed by atoms with Gasteiger partial charge in [-0.25, -0.2) is 4.79 Å². The van der Waals surface area contributed by atoms with Crippen LogP contribution in [0.15, 0.2) is 48.7 Å². The lowest BCUT2D eigenvalue weighted by atomic mass is 9.54. The SMILES string of the molecule is CC1[C@H](/C=C/c2ccc(-c3cccc(C#N)c3)cn2)[C@@H]2[C@@H](C)OC(=O)[C@]2(O)CC1(C)C. The Morgan fingerprint density at radius 2 is 2.00 bits per heavy atom. The number of pyridine rings is 1. The van der Waals surface area contributed by atoms with Gasteiger partial charge in [0.1, 0.15) is 6.10 Å². The summed E-state index contributed by atoms with van der Waals surface area (Å²) in [5, 5.41) is 20.3. The van der Waals surface area contributed by atoms with Crippen LogP contribution in [0.2, 0.25) is 0 Å². The van der Waals surface area contributed by atoms with Crippen LogP contribution in [0.5, 0.6) is 0 Å².